The largest absolute Gasteiger partial charge is 0.481 e. The van der Waals surface area contributed by atoms with Crippen molar-refractivity contribution in [2.45, 2.75) is 13.1 Å². The molecule has 0 spiro atoms. The van der Waals surface area contributed by atoms with Gasteiger partial charge in [0.15, 0.2) is 12.4 Å². The van der Waals surface area contributed by atoms with Gasteiger partial charge in [0.05, 0.1) is 23.9 Å². The molecule has 0 fully saturated rings. The summed E-state index contributed by atoms with van der Waals surface area (Å²) < 4.78 is 49.7. The molecule has 1 amide bonds. The van der Waals surface area contributed by atoms with Crippen LogP contribution in [0.15, 0.2) is 65.5 Å². The number of aromatic nitrogens is 2. The molecule has 1 N–H and O–H groups in total. The third-order valence-electron chi connectivity index (χ3n) is 4.20. The number of halogens is 3. The van der Waals surface area contributed by atoms with Crippen LogP contribution in [0.1, 0.15) is 23.0 Å². The van der Waals surface area contributed by atoms with E-state index in [1.165, 1.54) is 6.07 Å². The maximum atomic E-state index is 12.8. The minimum Gasteiger partial charge on any atom is -0.481 e. The fraction of sp³-hybridized carbons (Fsp3) is 0.182. The summed E-state index contributed by atoms with van der Waals surface area (Å²) in [6, 6.07) is 13.3. The quantitative estimate of drug-likeness (QED) is 0.541. The molecule has 0 aliphatic rings. The molecule has 8 nitrogen and oxygen atoms in total. The van der Waals surface area contributed by atoms with E-state index in [0.717, 1.165) is 28.9 Å². The molecule has 3 aromatic rings. The van der Waals surface area contributed by atoms with Gasteiger partial charge in [0.2, 0.25) is 5.69 Å². The van der Waals surface area contributed by atoms with Crippen LogP contribution >= 0.6 is 0 Å². The van der Waals surface area contributed by atoms with Crippen molar-refractivity contribution >= 4 is 17.6 Å². The maximum absolute atomic E-state index is 12.8. The lowest BCUT2D eigenvalue weighted by Gasteiger charge is -2.13. The standard InChI is InChI=1S/C22H18F3N3O5/c1-2-32-21(31)20-17(12-19(30)28(27-20)16-9-4-3-5-10-16)33-13-18(29)26-15-8-6-7-14(11-15)22(23,24)25/h3-12H,2,13H2,1H3,(H,26,29). The summed E-state index contributed by atoms with van der Waals surface area (Å²) in [4.78, 5) is 37.0. The van der Waals surface area contributed by atoms with E-state index in [2.05, 4.69) is 10.4 Å². The van der Waals surface area contributed by atoms with Gasteiger partial charge in [-0.25, -0.2) is 4.79 Å². The molecule has 2 aromatic carbocycles. The lowest BCUT2D eigenvalue weighted by atomic mass is 10.2. The van der Waals surface area contributed by atoms with Crippen LogP contribution in [-0.2, 0) is 15.7 Å². The Hall–Kier alpha value is -4.15. The zero-order valence-electron chi connectivity index (χ0n) is 17.3. The summed E-state index contributed by atoms with van der Waals surface area (Å²) in [7, 11) is 0. The normalized spacial score (nSPS) is 11.0. The first-order chi connectivity index (χ1) is 15.7. The molecule has 11 heteroatoms. The van der Waals surface area contributed by atoms with Gasteiger partial charge in [-0.3, -0.25) is 9.59 Å². The first kappa shape index (κ1) is 23.5. The number of esters is 1. The fourth-order valence-corrected chi connectivity index (χ4v) is 2.76. The molecule has 0 atom stereocenters. The molecular weight excluding hydrogens is 443 g/mol. The van der Waals surface area contributed by atoms with E-state index in [9.17, 15) is 27.6 Å². The predicted octanol–water partition coefficient (Wildman–Crippen LogP) is 3.45. The Morgan fingerprint density at radius 1 is 1.06 bits per heavy atom. The highest BCUT2D eigenvalue weighted by atomic mass is 19.4. The van der Waals surface area contributed by atoms with Gasteiger partial charge in [0.25, 0.3) is 11.5 Å². The topological polar surface area (TPSA) is 99.5 Å². The number of para-hydroxylation sites is 1. The Morgan fingerprint density at radius 3 is 2.45 bits per heavy atom. The molecule has 1 heterocycles. The Labute approximate surface area is 185 Å². The Morgan fingerprint density at radius 2 is 1.79 bits per heavy atom. The molecule has 0 saturated heterocycles. The Kier molecular flexibility index (Phi) is 7.11. The lowest BCUT2D eigenvalue weighted by molar-refractivity contribution is -0.137. The zero-order valence-corrected chi connectivity index (χ0v) is 17.3. The van der Waals surface area contributed by atoms with Crippen molar-refractivity contribution in [1.82, 2.24) is 9.78 Å². The SMILES string of the molecule is CCOC(=O)c1nn(-c2ccccc2)c(=O)cc1OCC(=O)Nc1cccc(C(F)(F)F)c1. The minimum absolute atomic E-state index is 0.0282. The van der Waals surface area contributed by atoms with Gasteiger partial charge >= 0.3 is 12.1 Å². The van der Waals surface area contributed by atoms with Crippen molar-refractivity contribution < 1.29 is 32.2 Å². The third-order valence-corrected chi connectivity index (χ3v) is 4.20. The number of carbonyl (C=O) groups is 2. The molecular formula is C22H18F3N3O5. The average molecular weight is 461 g/mol. The Balaban J connectivity index is 1.81. The number of nitrogens with zero attached hydrogens (tertiary/aromatic N) is 2. The molecule has 0 aliphatic heterocycles. The molecule has 3 rings (SSSR count). The van der Waals surface area contributed by atoms with Gasteiger partial charge in [-0.1, -0.05) is 24.3 Å². The monoisotopic (exact) mass is 461 g/mol. The fourth-order valence-electron chi connectivity index (χ4n) is 2.76. The first-order valence-corrected chi connectivity index (χ1v) is 9.66. The summed E-state index contributed by atoms with van der Waals surface area (Å²) in [5, 5.41) is 6.28. The van der Waals surface area contributed by atoms with E-state index in [1.54, 1.807) is 37.3 Å². The molecule has 33 heavy (non-hydrogen) atoms. The van der Waals surface area contributed by atoms with E-state index >= 15 is 0 Å². The van der Waals surface area contributed by atoms with E-state index in [1.807, 2.05) is 0 Å². The van der Waals surface area contributed by atoms with Crippen LogP contribution in [0.3, 0.4) is 0 Å². The van der Waals surface area contributed by atoms with Crippen molar-refractivity contribution in [1.29, 1.82) is 0 Å². The molecule has 172 valence electrons. The smallest absolute Gasteiger partial charge is 0.416 e. The van der Waals surface area contributed by atoms with Crippen molar-refractivity contribution in [2.75, 3.05) is 18.5 Å². The molecule has 0 radical (unpaired) electrons. The van der Waals surface area contributed by atoms with Crippen molar-refractivity contribution in [2.24, 2.45) is 0 Å². The number of amides is 1. The minimum atomic E-state index is -4.57. The van der Waals surface area contributed by atoms with E-state index < -0.39 is 35.8 Å². The number of alkyl halides is 3. The zero-order chi connectivity index (χ0) is 24.0. The number of hydrogen-bond acceptors (Lipinski definition) is 6. The van der Waals surface area contributed by atoms with Crippen LogP contribution in [0.25, 0.3) is 5.69 Å². The summed E-state index contributed by atoms with van der Waals surface area (Å²) in [6.07, 6.45) is -4.57. The van der Waals surface area contributed by atoms with Gasteiger partial charge in [0.1, 0.15) is 0 Å². The van der Waals surface area contributed by atoms with E-state index in [0.29, 0.717) is 5.69 Å². The highest BCUT2D eigenvalue weighted by Crippen LogP contribution is 2.30. The summed E-state index contributed by atoms with van der Waals surface area (Å²) in [5.74, 6) is -1.99. The molecule has 0 bridgehead atoms. The predicted molar refractivity (Wildman–Crippen MR) is 111 cm³/mol. The van der Waals surface area contributed by atoms with Crippen LogP contribution in [0, 0.1) is 0 Å². The van der Waals surface area contributed by atoms with Crippen LogP contribution in [0.4, 0.5) is 18.9 Å². The van der Waals surface area contributed by atoms with Crippen LogP contribution in [-0.4, -0.2) is 34.9 Å². The number of rotatable bonds is 7. The number of anilines is 1. The number of carbonyl (C=O) groups excluding carboxylic acids is 2. The van der Waals surface area contributed by atoms with Gasteiger partial charge in [-0.05, 0) is 37.3 Å². The average Bonchev–Trinajstić information content (AvgIpc) is 2.78. The molecule has 0 saturated carbocycles. The highest BCUT2D eigenvalue weighted by Gasteiger charge is 2.30. The molecule has 1 aromatic heterocycles. The van der Waals surface area contributed by atoms with Crippen molar-refractivity contribution in [3.8, 4) is 11.4 Å². The maximum Gasteiger partial charge on any atom is 0.416 e. The third kappa shape index (κ3) is 5.97. The van der Waals surface area contributed by atoms with Gasteiger partial charge in [-0.2, -0.15) is 23.0 Å². The van der Waals surface area contributed by atoms with E-state index in [4.69, 9.17) is 9.47 Å². The second-order valence-corrected chi connectivity index (χ2v) is 6.58. The Bertz CT molecular complexity index is 1210. The van der Waals surface area contributed by atoms with E-state index in [-0.39, 0.29) is 23.7 Å². The second kappa shape index (κ2) is 9.98. The summed E-state index contributed by atoms with van der Waals surface area (Å²) in [6.45, 7) is 0.910. The summed E-state index contributed by atoms with van der Waals surface area (Å²) in [5.41, 5.74) is -1.61. The van der Waals surface area contributed by atoms with Crippen LogP contribution in [0.2, 0.25) is 0 Å². The molecule has 0 aliphatic carbocycles. The van der Waals surface area contributed by atoms with Crippen molar-refractivity contribution in [3.63, 3.8) is 0 Å². The van der Waals surface area contributed by atoms with Crippen molar-refractivity contribution in [3.05, 3.63) is 82.3 Å². The highest BCUT2D eigenvalue weighted by molar-refractivity contribution is 5.93. The number of benzene rings is 2. The lowest BCUT2D eigenvalue weighted by Crippen LogP contribution is -2.27. The van der Waals surface area contributed by atoms with Crippen LogP contribution in [0.5, 0.6) is 5.75 Å². The molecule has 0 unspecified atom stereocenters. The number of hydrogen-bond donors (Lipinski definition) is 1. The number of ether oxygens (including phenoxy) is 2. The first-order valence-electron chi connectivity index (χ1n) is 9.66. The second-order valence-electron chi connectivity index (χ2n) is 6.58. The van der Waals surface area contributed by atoms with Gasteiger partial charge in [-0.15, -0.1) is 0 Å². The van der Waals surface area contributed by atoms with Gasteiger partial charge < -0.3 is 14.8 Å². The van der Waals surface area contributed by atoms with Gasteiger partial charge in [0, 0.05) is 5.69 Å². The number of nitrogens with one attached hydrogen (secondary N) is 1. The van der Waals surface area contributed by atoms with Crippen LogP contribution < -0.4 is 15.6 Å². The summed E-state index contributed by atoms with van der Waals surface area (Å²) >= 11 is 0.